The molecule has 1 aromatic heterocycles. The van der Waals surface area contributed by atoms with Crippen molar-refractivity contribution in [2.24, 2.45) is 0 Å². The monoisotopic (exact) mass is 433 g/mol. The maximum atomic E-state index is 15.2. The molecule has 0 bridgehead atoms. The zero-order valence-corrected chi connectivity index (χ0v) is 17.9. The van der Waals surface area contributed by atoms with Crippen LogP contribution in [0.15, 0.2) is 12.3 Å². The van der Waals surface area contributed by atoms with Gasteiger partial charge in [-0.25, -0.2) is 13.2 Å². The Morgan fingerprint density at radius 2 is 2.03 bits per heavy atom. The van der Waals surface area contributed by atoms with E-state index < -0.39 is 22.3 Å². The van der Waals surface area contributed by atoms with Gasteiger partial charge in [0.05, 0.1) is 29.1 Å². The van der Waals surface area contributed by atoms with E-state index in [1.54, 1.807) is 6.20 Å². The smallest absolute Gasteiger partial charge is 0.274 e. The zero-order chi connectivity index (χ0) is 21.6. The van der Waals surface area contributed by atoms with Crippen LogP contribution in [-0.2, 0) is 17.2 Å². The van der Waals surface area contributed by atoms with Crippen molar-refractivity contribution < 1.29 is 22.6 Å². The molecule has 2 aromatic rings. The number of H-pyrrole nitrogens is 1. The topological polar surface area (TPSA) is 50.4 Å². The highest BCUT2D eigenvalue weighted by molar-refractivity contribution is 6.33. The Labute approximate surface area is 174 Å². The molecule has 0 unspecified atom stereocenters. The second kappa shape index (κ2) is 10.3. The summed E-state index contributed by atoms with van der Waals surface area (Å²) < 4.78 is 53.9. The molecule has 0 atom stereocenters. The second-order valence-electron chi connectivity index (χ2n) is 7.02. The van der Waals surface area contributed by atoms with Crippen molar-refractivity contribution in [1.29, 1.82) is 0 Å². The lowest BCUT2D eigenvalue weighted by Gasteiger charge is -2.20. The minimum absolute atomic E-state index is 0.0310. The number of nitrogens with zero attached hydrogens (tertiary/aromatic N) is 2. The van der Waals surface area contributed by atoms with E-state index in [4.69, 9.17) is 21.1 Å². The molecular formula is C20H27ClF3N3O2. The van der Waals surface area contributed by atoms with Gasteiger partial charge in [-0.1, -0.05) is 24.9 Å². The van der Waals surface area contributed by atoms with E-state index in [1.807, 2.05) is 7.05 Å². The van der Waals surface area contributed by atoms with Gasteiger partial charge in [0.25, 0.3) is 5.92 Å². The van der Waals surface area contributed by atoms with E-state index in [9.17, 15) is 8.78 Å². The highest BCUT2D eigenvalue weighted by Gasteiger charge is 2.35. The maximum absolute atomic E-state index is 15.2. The van der Waals surface area contributed by atoms with E-state index in [0.29, 0.717) is 24.7 Å². The Morgan fingerprint density at radius 1 is 1.31 bits per heavy atom. The molecule has 29 heavy (non-hydrogen) atoms. The Morgan fingerprint density at radius 3 is 2.66 bits per heavy atom. The number of rotatable bonds is 11. The summed E-state index contributed by atoms with van der Waals surface area (Å²) in [6, 6.07) is 1.33. The summed E-state index contributed by atoms with van der Waals surface area (Å²) in [5.41, 5.74) is 0.0568. The first-order chi connectivity index (χ1) is 13.7. The fourth-order valence-electron chi connectivity index (χ4n) is 2.98. The summed E-state index contributed by atoms with van der Waals surface area (Å²) in [6.07, 6.45) is 3.63. The molecule has 5 nitrogen and oxygen atoms in total. The van der Waals surface area contributed by atoms with Gasteiger partial charge in [0.2, 0.25) is 0 Å². The van der Waals surface area contributed by atoms with Gasteiger partial charge in [-0.15, -0.1) is 0 Å². The number of methoxy groups -OCH3 is 1. The maximum Gasteiger partial charge on any atom is 0.274 e. The van der Waals surface area contributed by atoms with E-state index in [0.717, 1.165) is 19.4 Å². The molecule has 0 aliphatic heterocycles. The van der Waals surface area contributed by atoms with Crippen LogP contribution >= 0.6 is 11.6 Å². The molecule has 1 N–H and O–H groups in total. The number of halogens is 4. The van der Waals surface area contributed by atoms with Crippen LogP contribution in [-0.4, -0.2) is 49.0 Å². The molecule has 1 heterocycles. The predicted octanol–water partition coefficient (Wildman–Crippen LogP) is 5.24. The average Bonchev–Trinajstić information content (AvgIpc) is 3.08. The van der Waals surface area contributed by atoms with Crippen molar-refractivity contribution in [3.63, 3.8) is 0 Å². The van der Waals surface area contributed by atoms with Crippen LogP contribution in [0, 0.1) is 5.82 Å². The van der Waals surface area contributed by atoms with Crippen LogP contribution in [0.1, 0.15) is 37.8 Å². The first-order valence-corrected chi connectivity index (χ1v) is 9.81. The van der Waals surface area contributed by atoms with Gasteiger partial charge in [-0.2, -0.15) is 5.10 Å². The van der Waals surface area contributed by atoms with Crippen molar-refractivity contribution in [2.45, 2.75) is 39.2 Å². The summed E-state index contributed by atoms with van der Waals surface area (Å²) >= 11 is 6.07. The van der Waals surface area contributed by atoms with Crippen molar-refractivity contribution in [3.8, 4) is 17.0 Å². The van der Waals surface area contributed by atoms with Gasteiger partial charge in [0.15, 0.2) is 0 Å². The third-order valence-electron chi connectivity index (χ3n) is 4.47. The normalized spacial score (nSPS) is 12.0. The SMILES string of the molecule is CCCCN(C)Cc1cn[nH]c1-c1cc(OCCOC)c(Cl)c(C(C)(F)F)c1F. The molecule has 0 fully saturated rings. The Bertz CT molecular complexity index is 809. The number of benzene rings is 1. The van der Waals surface area contributed by atoms with E-state index in [-0.39, 0.29) is 24.5 Å². The minimum atomic E-state index is -3.49. The van der Waals surface area contributed by atoms with Crippen molar-refractivity contribution in [3.05, 3.63) is 34.2 Å². The highest BCUT2D eigenvalue weighted by atomic mass is 35.5. The Hall–Kier alpha value is -1.77. The van der Waals surface area contributed by atoms with Crippen LogP contribution in [0.25, 0.3) is 11.3 Å². The van der Waals surface area contributed by atoms with Gasteiger partial charge in [-0.05, 0) is 26.1 Å². The average molecular weight is 434 g/mol. The summed E-state index contributed by atoms with van der Waals surface area (Å²) in [5.74, 6) is -4.62. The highest BCUT2D eigenvalue weighted by Crippen LogP contribution is 2.44. The number of nitrogens with one attached hydrogen (secondary N) is 1. The number of hydrogen-bond acceptors (Lipinski definition) is 4. The molecule has 0 aliphatic carbocycles. The minimum Gasteiger partial charge on any atom is -0.490 e. The van der Waals surface area contributed by atoms with Crippen LogP contribution in [0.4, 0.5) is 13.2 Å². The van der Waals surface area contributed by atoms with Crippen molar-refractivity contribution >= 4 is 11.6 Å². The molecule has 0 aliphatic rings. The summed E-state index contributed by atoms with van der Waals surface area (Å²) in [4.78, 5) is 2.07. The van der Waals surface area contributed by atoms with Gasteiger partial charge in [-0.3, -0.25) is 5.10 Å². The first-order valence-electron chi connectivity index (χ1n) is 9.43. The number of unbranched alkanes of at least 4 members (excludes halogenated alkanes) is 1. The van der Waals surface area contributed by atoms with Crippen LogP contribution in [0.5, 0.6) is 5.75 Å². The third-order valence-corrected chi connectivity index (χ3v) is 4.85. The number of ether oxygens (including phenoxy) is 2. The Kier molecular flexibility index (Phi) is 8.36. The summed E-state index contributed by atoms with van der Waals surface area (Å²) in [7, 11) is 3.42. The van der Waals surface area contributed by atoms with E-state index in [1.165, 1.54) is 13.2 Å². The molecule has 1 aromatic carbocycles. The molecular weight excluding hydrogens is 407 g/mol. The Balaban J connectivity index is 2.50. The fraction of sp³-hybridized carbons (Fsp3) is 0.550. The lowest BCUT2D eigenvalue weighted by Crippen LogP contribution is -2.19. The third kappa shape index (κ3) is 5.87. The number of alkyl halides is 2. The molecule has 0 radical (unpaired) electrons. The van der Waals surface area contributed by atoms with Crippen LogP contribution in [0.2, 0.25) is 5.02 Å². The van der Waals surface area contributed by atoms with Gasteiger partial charge in [0.1, 0.15) is 18.2 Å². The first kappa shape index (κ1) is 23.5. The summed E-state index contributed by atoms with van der Waals surface area (Å²) in [5, 5.41) is 6.28. The lowest BCUT2D eigenvalue weighted by atomic mass is 10.00. The molecule has 2 rings (SSSR count). The van der Waals surface area contributed by atoms with E-state index >= 15 is 4.39 Å². The molecule has 0 spiro atoms. The summed E-state index contributed by atoms with van der Waals surface area (Å²) in [6.45, 7) is 4.37. The van der Waals surface area contributed by atoms with Crippen LogP contribution in [0.3, 0.4) is 0 Å². The molecule has 0 saturated carbocycles. The van der Waals surface area contributed by atoms with Gasteiger partial charge >= 0.3 is 0 Å². The van der Waals surface area contributed by atoms with Crippen LogP contribution < -0.4 is 4.74 Å². The molecule has 9 heteroatoms. The molecule has 0 saturated heterocycles. The van der Waals surface area contributed by atoms with Crippen molar-refractivity contribution in [1.82, 2.24) is 15.1 Å². The fourth-order valence-corrected chi connectivity index (χ4v) is 3.34. The zero-order valence-electron chi connectivity index (χ0n) is 17.1. The van der Waals surface area contributed by atoms with Crippen molar-refractivity contribution in [2.75, 3.05) is 33.9 Å². The van der Waals surface area contributed by atoms with Gasteiger partial charge in [0, 0.05) is 31.7 Å². The predicted molar refractivity (Wildman–Crippen MR) is 107 cm³/mol. The van der Waals surface area contributed by atoms with E-state index in [2.05, 4.69) is 22.0 Å². The quantitative estimate of drug-likeness (QED) is 0.492. The number of hydrogen-bond donors (Lipinski definition) is 1. The van der Waals surface area contributed by atoms with Gasteiger partial charge < -0.3 is 14.4 Å². The second-order valence-corrected chi connectivity index (χ2v) is 7.39. The lowest BCUT2D eigenvalue weighted by molar-refractivity contribution is 0.0136. The largest absolute Gasteiger partial charge is 0.490 e. The number of aromatic amines is 1. The molecule has 0 amide bonds. The number of aromatic nitrogens is 2. The standard InChI is InChI=1S/C20H27ClF3N3O2/c1-5-6-7-27(3)12-13-11-25-26-19(13)14-10-15(29-9-8-28-4)17(21)16(18(14)22)20(2,23)24/h10-11H,5-9,12H2,1-4H3,(H,25,26). The molecule has 162 valence electrons.